The summed E-state index contributed by atoms with van der Waals surface area (Å²) in [5.41, 5.74) is 1.50. The molecule has 2 aromatic carbocycles. The highest BCUT2D eigenvalue weighted by atomic mass is 35.5. The highest BCUT2D eigenvalue weighted by molar-refractivity contribution is 6.34. The molecule has 21 heavy (non-hydrogen) atoms. The summed E-state index contributed by atoms with van der Waals surface area (Å²) in [5, 5.41) is 0.639. The first kappa shape index (κ1) is 14.2. The molecule has 0 aliphatic rings. The quantitative estimate of drug-likeness (QED) is 0.575. The predicted molar refractivity (Wildman–Crippen MR) is 79.6 cm³/mol. The van der Waals surface area contributed by atoms with Gasteiger partial charge in [0.1, 0.15) is 16.5 Å². The summed E-state index contributed by atoms with van der Waals surface area (Å²) in [4.78, 5) is 8.27. The van der Waals surface area contributed by atoms with Gasteiger partial charge in [0.15, 0.2) is 11.6 Å². The number of aryl methyl sites for hydroxylation is 1. The predicted octanol–water partition coefficient (Wildman–Crippen LogP) is 5.19. The van der Waals surface area contributed by atoms with Crippen LogP contribution in [0.4, 0.5) is 8.78 Å². The van der Waals surface area contributed by atoms with Crippen molar-refractivity contribution in [2.75, 3.05) is 0 Å². The Kier molecular flexibility index (Phi) is 3.51. The lowest BCUT2D eigenvalue weighted by Crippen LogP contribution is -1.96. The first-order chi connectivity index (χ1) is 9.95. The minimum absolute atomic E-state index is 0.00669. The Bertz CT molecular complexity index is 866. The molecule has 1 heterocycles. The number of nitrogens with zero attached hydrogens (tertiary/aromatic N) is 2. The van der Waals surface area contributed by atoms with Gasteiger partial charge in [0.25, 0.3) is 0 Å². The van der Waals surface area contributed by atoms with E-state index >= 15 is 0 Å². The monoisotopic (exact) mass is 324 g/mol. The topological polar surface area (TPSA) is 25.8 Å². The Morgan fingerprint density at radius 1 is 1.00 bits per heavy atom. The van der Waals surface area contributed by atoms with Crippen LogP contribution in [0, 0.1) is 18.6 Å². The summed E-state index contributed by atoms with van der Waals surface area (Å²) in [5.74, 6) is -1.26. The lowest BCUT2D eigenvalue weighted by molar-refractivity contribution is 0.590. The highest BCUT2D eigenvalue weighted by Crippen LogP contribution is 2.29. The molecule has 0 saturated heterocycles. The Balaban J connectivity index is 2.33. The van der Waals surface area contributed by atoms with Crippen LogP contribution in [0.25, 0.3) is 22.3 Å². The summed E-state index contributed by atoms with van der Waals surface area (Å²) >= 11 is 12.0. The van der Waals surface area contributed by atoms with Gasteiger partial charge < -0.3 is 0 Å². The lowest BCUT2D eigenvalue weighted by atomic mass is 10.1. The number of halogens is 4. The van der Waals surface area contributed by atoms with Crippen LogP contribution in [-0.4, -0.2) is 9.97 Å². The lowest BCUT2D eigenvalue weighted by Gasteiger charge is -2.08. The minimum atomic E-state index is -0.782. The molecule has 0 atom stereocenters. The summed E-state index contributed by atoms with van der Waals surface area (Å²) in [7, 11) is 0. The van der Waals surface area contributed by atoms with Gasteiger partial charge in [0.2, 0.25) is 0 Å². The zero-order valence-corrected chi connectivity index (χ0v) is 12.3. The number of hydrogen-bond acceptors (Lipinski definition) is 2. The van der Waals surface area contributed by atoms with Crippen LogP contribution in [0.1, 0.15) is 5.56 Å². The third-order valence-electron chi connectivity index (χ3n) is 3.11. The molecule has 0 unspecified atom stereocenters. The van der Waals surface area contributed by atoms with Crippen LogP contribution in [0.15, 0.2) is 30.3 Å². The van der Waals surface area contributed by atoms with Crippen molar-refractivity contribution in [1.29, 1.82) is 0 Å². The minimum Gasteiger partial charge on any atom is -0.225 e. The number of rotatable bonds is 1. The molecule has 6 heteroatoms. The summed E-state index contributed by atoms with van der Waals surface area (Å²) in [6, 6.07) is 7.09. The average molecular weight is 325 g/mol. The molecule has 0 aliphatic heterocycles. The van der Waals surface area contributed by atoms with Gasteiger partial charge in [0.05, 0.1) is 0 Å². The maximum atomic E-state index is 13.9. The molecule has 3 rings (SSSR count). The van der Waals surface area contributed by atoms with Crippen molar-refractivity contribution in [3.8, 4) is 11.4 Å². The van der Waals surface area contributed by atoms with E-state index in [2.05, 4.69) is 9.97 Å². The standard InChI is InChI=1S/C15H8Cl2F2N2/c1-7-2-3-8(16)4-10(7)15-20-13-11(14(17)21-15)5-9(18)6-12(13)19/h2-6H,1H3. The van der Waals surface area contributed by atoms with Gasteiger partial charge in [-0.05, 0) is 30.7 Å². The molecular weight excluding hydrogens is 317 g/mol. The van der Waals surface area contributed by atoms with Crippen LogP contribution in [-0.2, 0) is 0 Å². The Morgan fingerprint density at radius 3 is 2.52 bits per heavy atom. The van der Waals surface area contributed by atoms with Crippen LogP contribution in [0.3, 0.4) is 0 Å². The van der Waals surface area contributed by atoms with E-state index in [0.717, 1.165) is 17.7 Å². The SMILES string of the molecule is Cc1ccc(Cl)cc1-c1nc(Cl)c2cc(F)cc(F)c2n1. The van der Waals surface area contributed by atoms with Crippen molar-refractivity contribution in [1.82, 2.24) is 9.97 Å². The summed E-state index contributed by atoms with van der Waals surface area (Å²) in [6.45, 7) is 1.86. The van der Waals surface area contributed by atoms with Gasteiger partial charge in [-0.15, -0.1) is 0 Å². The Hall–Kier alpha value is -1.78. The molecule has 106 valence electrons. The van der Waals surface area contributed by atoms with Crippen LogP contribution in [0.2, 0.25) is 10.2 Å². The van der Waals surface area contributed by atoms with E-state index < -0.39 is 11.6 Å². The van der Waals surface area contributed by atoms with Gasteiger partial charge in [0, 0.05) is 22.0 Å². The molecule has 1 aromatic heterocycles. The molecular formula is C15H8Cl2F2N2. The van der Waals surface area contributed by atoms with Gasteiger partial charge in [-0.1, -0.05) is 29.3 Å². The number of hydrogen-bond donors (Lipinski definition) is 0. The number of fused-ring (bicyclic) bond motifs is 1. The molecule has 2 nitrogen and oxygen atoms in total. The average Bonchev–Trinajstić information content (AvgIpc) is 2.42. The second-order valence-electron chi connectivity index (χ2n) is 4.58. The van der Waals surface area contributed by atoms with Crippen LogP contribution in [0.5, 0.6) is 0 Å². The van der Waals surface area contributed by atoms with Gasteiger partial charge in [-0.3, -0.25) is 0 Å². The second kappa shape index (κ2) is 5.20. The molecule has 0 N–H and O–H groups in total. The maximum Gasteiger partial charge on any atom is 0.161 e. The van der Waals surface area contributed by atoms with Crippen molar-refractivity contribution in [3.05, 3.63) is 57.7 Å². The van der Waals surface area contributed by atoms with E-state index in [0.29, 0.717) is 10.6 Å². The second-order valence-corrected chi connectivity index (χ2v) is 5.38. The first-order valence-electron chi connectivity index (χ1n) is 6.04. The summed E-state index contributed by atoms with van der Waals surface area (Å²) in [6.07, 6.45) is 0. The zero-order chi connectivity index (χ0) is 15.1. The van der Waals surface area contributed by atoms with Crippen molar-refractivity contribution in [2.45, 2.75) is 6.92 Å². The third kappa shape index (κ3) is 2.57. The first-order valence-corrected chi connectivity index (χ1v) is 6.80. The van der Waals surface area contributed by atoms with E-state index in [-0.39, 0.29) is 21.9 Å². The molecule has 0 bridgehead atoms. The van der Waals surface area contributed by atoms with Gasteiger partial charge >= 0.3 is 0 Å². The number of benzene rings is 2. The van der Waals surface area contributed by atoms with Crippen molar-refractivity contribution in [3.63, 3.8) is 0 Å². The van der Waals surface area contributed by atoms with E-state index in [9.17, 15) is 8.78 Å². The van der Waals surface area contributed by atoms with Crippen molar-refractivity contribution < 1.29 is 8.78 Å². The van der Waals surface area contributed by atoms with Crippen LogP contribution < -0.4 is 0 Å². The fourth-order valence-corrected chi connectivity index (χ4v) is 2.47. The van der Waals surface area contributed by atoms with Gasteiger partial charge in [-0.2, -0.15) is 0 Å². The molecule has 3 aromatic rings. The van der Waals surface area contributed by atoms with E-state index in [4.69, 9.17) is 23.2 Å². The molecule has 0 spiro atoms. The molecule has 0 aliphatic carbocycles. The smallest absolute Gasteiger partial charge is 0.161 e. The van der Waals surface area contributed by atoms with E-state index in [1.54, 1.807) is 18.2 Å². The van der Waals surface area contributed by atoms with E-state index in [1.165, 1.54) is 0 Å². The molecule has 0 fully saturated rings. The van der Waals surface area contributed by atoms with Crippen LogP contribution >= 0.6 is 23.2 Å². The van der Waals surface area contributed by atoms with E-state index in [1.807, 2.05) is 6.92 Å². The van der Waals surface area contributed by atoms with Gasteiger partial charge in [-0.25, -0.2) is 18.7 Å². The summed E-state index contributed by atoms with van der Waals surface area (Å²) < 4.78 is 27.1. The third-order valence-corrected chi connectivity index (χ3v) is 3.64. The number of aromatic nitrogens is 2. The Labute approximate surface area is 129 Å². The zero-order valence-electron chi connectivity index (χ0n) is 10.8. The Morgan fingerprint density at radius 2 is 1.76 bits per heavy atom. The van der Waals surface area contributed by atoms with Crippen molar-refractivity contribution in [2.24, 2.45) is 0 Å². The van der Waals surface area contributed by atoms with Crippen molar-refractivity contribution >= 4 is 34.1 Å². The largest absolute Gasteiger partial charge is 0.225 e. The molecule has 0 saturated carbocycles. The molecule has 0 radical (unpaired) electrons. The molecule has 0 amide bonds. The highest BCUT2D eigenvalue weighted by Gasteiger charge is 2.14. The normalized spacial score (nSPS) is 11.1. The fraction of sp³-hybridized carbons (Fsp3) is 0.0667. The maximum absolute atomic E-state index is 13.9. The fourth-order valence-electron chi connectivity index (χ4n) is 2.08.